The molecule has 0 aromatic carbocycles. The van der Waals surface area contributed by atoms with Gasteiger partial charge < -0.3 is 5.32 Å². The number of hydrogen-bond acceptors (Lipinski definition) is 1. The lowest BCUT2D eigenvalue weighted by Gasteiger charge is -2.21. The molecule has 0 aromatic heterocycles. The Morgan fingerprint density at radius 2 is 2.07 bits per heavy atom. The van der Waals surface area contributed by atoms with Gasteiger partial charge >= 0.3 is 6.18 Å². The second-order valence-electron chi connectivity index (χ2n) is 4.02. The van der Waals surface area contributed by atoms with E-state index in [2.05, 4.69) is 5.32 Å². The first kappa shape index (κ1) is 12.3. The van der Waals surface area contributed by atoms with Gasteiger partial charge in [-0.25, -0.2) is 0 Å². The SMILES string of the molecule is CCCCC[C@@H]1NC(=O)C[C@H]1C(F)(F)F. The molecule has 88 valence electrons. The van der Waals surface area contributed by atoms with Gasteiger partial charge in [-0.2, -0.15) is 13.2 Å². The van der Waals surface area contributed by atoms with Crippen molar-refractivity contribution in [2.24, 2.45) is 5.92 Å². The van der Waals surface area contributed by atoms with Gasteiger partial charge in [0.15, 0.2) is 0 Å². The number of alkyl halides is 3. The molecule has 1 amide bonds. The van der Waals surface area contributed by atoms with Crippen LogP contribution in [-0.2, 0) is 4.79 Å². The first-order valence-electron chi connectivity index (χ1n) is 5.31. The van der Waals surface area contributed by atoms with Crippen molar-refractivity contribution in [1.29, 1.82) is 0 Å². The quantitative estimate of drug-likeness (QED) is 0.729. The highest BCUT2D eigenvalue weighted by molar-refractivity contribution is 5.79. The zero-order chi connectivity index (χ0) is 11.5. The van der Waals surface area contributed by atoms with E-state index in [4.69, 9.17) is 0 Å². The van der Waals surface area contributed by atoms with Gasteiger partial charge in [0.1, 0.15) is 0 Å². The molecule has 0 saturated carbocycles. The number of carbonyl (C=O) groups excluding carboxylic acids is 1. The van der Waals surface area contributed by atoms with E-state index < -0.39 is 30.5 Å². The highest BCUT2D eigenvalue weighted by Gasteiger charge is 2.49. The molecule has 15 heavy (non-hydrogen) atoms. The third-order valence-electron chi connectivity index (χ3n) is 2.78. The van der Waals surface area contributed by atoms with Crippen molar-refractivity contribution in [2.45, 2.75) is 51.2 Å². The molecular formula is C10H16F3NO. The maximum atomic E-state index is 12.5. The van der Waals surface area contributed by atoms with Gasteiger partial charge in [-0.15, -0.1) is 0 Å². The second-order valence-corrected chi connectivity index (χ2v) is 4.02. The monoisotopic (exact) mass is 223 g/mol. The van der Waals surface area contributed by atoms with E-state index in [0.29, 0.717) is 6.42 Å². The lowest BCUT2D eigenvalue weighted by molar-refractivity contribution is -0.177. The molecule has 0 aromatic rings. The molecule has 0 unspecified atom stereocenters. The Bertz CT molecular complexity index is 227. The molecule has 1 aliphatic heterocycles. The Balaban J connectivity index is 2.50. The summed E-state index contributed by atoms with van der Waals surface area (Å²) in [6.07, 6.45) is -1.59. The summed E-state index contributed by atoms with van der Waals surface area (Å²) in [6, 6.07) is -0.705. The van der Waals surface area contributed by atoms with Gasteiger partial charge in [0.25, 0.3) is 0 Å². The minimum atomic E-state index is -4.25. The average Bonchev–Trinajstić information content (AvgIpc) is 2.47. The Kier molecular flexibility index (Phi) is 3.99. The molecule has 0 radical (unpaired) electrons. The summed E-state index contributed by atoms with van der Waals surface area (Å²) in [4.78, 5) is 10.9. The zero-order valence-electron chi connectivity index (χ0n) is 8.73. The molecule has 0 aliphatic carbocycles. The number of hydrogen-bond donors (Lipinski definition) is 1. The van der Waals surface area contributed by atoms with Crippen LogP contribution in [0.25, 0.3) is 0 Å². The van der Waals surface area contributed by atoms with E-state index in [1.807, 2.05) is 6.92 Å². The van der Waals surface area contributed by atoms with Crippen LogP contribution in [0.4, 0.5) is 13.2 Å². The minimum Gasteiger partial charge on any atom is -0.353 e. The fourth-order valence-corrected chi connectivity index (χ4v) is 1.94. The predicted octanol–water partition coefficient (Wildman–Crippen LogP) is 2.63. The Hall–Kier alpha value is -0.740. The van der Waals surface area contributed by atoms with E-state index in [1.54, 1.807) is 0 Å². The molecule has 1 N–H and O–H groups in total. The number of halogens is 3. The highest BCUT2D eigenvalue weighted by Crippen LogP contribution is 2.36. The van der Waals surface area contributed by atoms with Crippen LogP contribution in [0.15, 0.2) is 0 Å². The van der Waals surface area contributed by atoms with Crippen LogP contribution < -0.4 is 5.32 Å². The van der Waals surface area contributed by atoms with Gasteiger partial charge in [0.05, 0.1) is 5.92 Å². The molecule has 1 rings (SSSR count). The summed E-state index contributed by atoms with van der Waals surface area (Å²) in [5.41, 5.74) is 0. The van der Waals surface area contributed by atoms with E-state index in [-0.39, 0.29) is 0 Å². The average molecular weight is 223 g/mol. The molecule has 2 atom stereocenters. The lowest BCUT2D eigenvalue weighted by Crippen LogP contribution is -2.36. The van der Waals surface area contributed by atoms with Crippen LogP contribution in [0.2, 0.25) is 0 Å². The standard InChI is InChI=1S/C10H16F3NO/c1-2-3-4-5-8-7(10(11,12)13)6-9(15)14-8/h7-8H,2-6H2,1H3,(H,14,15)/t7-,8+/m1/s1. The smallest absolute Gasteiger partial charge is 0.353 e. The fraction of sp³-hybridized carbons (Fsp3) is 0.900. The number of amides is 1. The third-order valence-corrected chi connectivity index (χ3v) is 2.78. The summed E-state index contributed by atoms with van der Waals surface area (Å²) in [5, 5.41) is 2.41. The maximum absolute atomic E-state index is 12.5. The van der Waals surface area contributed by atoms with Gasteiger partial charge in [-0.05, 0) is 6.42 Å². The van der Waals surface area contributed by atoms with Gasteiger partial charge in [-0.1, -0.05) is 26.2 Å². The second kappa shape index (κ2) is 4.86. The van der Waals surface area contributed by atoms with Crippen molar-refractivity contribution in [3.05, 3.63) is 0 Å². The van der Waals surface area contributed by atoms with Crippen LogP contribution in [0.3, 0.4) is 0 Å². The molecule has 1 fully saturated rings. The molecule has 2 nitrogen and oxygen atoms in total. The van der Waals surface area contributed by atoms with Gasteiger partial charge in [0, 0.05) is 12.5 Å². The van der Waals surface area contributed by atoms with E-state index >= 15 is 0 Å². The maximum Gasteiger partial charge on any atom is 0.394 e. The summed E-state index contributed by atoms with van der Waals surface area (Å²) < 4.78 is 37.5. The molecule has 0 bridgehead atoms. The van der Waals surface area contributed by atoms with E-state index in [1.165, 1.54) is 0 Å². The van der Waals surface area contributed by atoms with Crippen LogP contribution in [-0.4, -0.2) is 18.1 Å². The molecule has 1 heterocycles. The summed E-state index contributed by atoms with van der Waals surface area (Å²) in [6.45, 7) is 1.99. The van der Waals surface area contributed by atoms with Crippen LogP contribution >= 0.6 is 0 Å². The van der Waals surface area contributed by atoms with Crippen molar-refractivity contribution in [1.82, 2.24) is 5.32 Å². The minimum absolute atomic E-state index is 0.402. The number of nitrogens with one attached hydrogen (secondary N) is 1. The molecule has 1 saturated heterocycles. The van der Waals surface area contributed by atoms with E-state index in [0.717, 1.165) is 19.3 Å². The largest absolute Gasteiger partial charge is 0.394 e. The van der Waals surface area contributed by atoms with Gasteiger partial charge in [0.2, 0.25) is 5.91 Å². The third kappa shape index (κ3) is 3.39. The predicted molar refractivity (Wildman–Crippen MR) is 50.2 cm³/mol. The lowest BCUT2D eigenvalue weighted by atomic mass is 9.95. The Labute approximate surface area is 87.2 Å². The fourth-order valence-electron chi connectivity index (χ4n) is 1.94. The first-order valence-corrected chi connectivity index (χ1v) is 5.31. The number of unbranched alkanes of at least 4 members (excludes halogenated alkanes) is 2. The normalized spacial score (nSPS) is 26.8. The number of rotatable bonds is 4. The first-order chi connectivity index (χ1) is 6.95. The molecule has 1 aliphatic rings. The molecular weight excluding hydrogens is 207 g/mol. The van der Waals surface area contributed by atoms with Gasteiger partial charge in [-0.3, -0.25) is 4.79 Å². The van der Waals surface area contributed by atoms with Crippen LogP contribution in [0.1, 0.15) is 39.0 Å². The number of carbonyl (C=O) groups is 1. The van der Waals surface area contributed by atoms with Crippen molar-refractivity contribution in [3.8, 4) is 0 Å². The Morgan fingerprint density at radius 3 is 2.60 bits per heavy atom. The van der Waals surface area contributed by atoms with Crippen molar-refractivity contribution < 1.29 is 18.0 Å². The summed E-state index contributed by atoms with van der Waals surface area (Å²) in [5.74, 6) is -1.96. The summed E-state index contributed by atoms with van der Waals surface area (Å²) in [7, 11) is 0. The van der Waals surface area contributed by atoms with Crippen molar-refractivity contribution in [3.63, 3.8) is 0 Å². The van der Waals surface area contributed by atoms with Crippen LogP contribution in [0.5, 0.6) is 0 Å². The molecule has 0 spiro atoms. The highest BCUT2D eigenvalue weighted by atomic mass is 19.4. The summed E-state index contributed by atoms with van der Waals surface area (Å²) >= 11 is 0. The molecule has 5 heteroatoms. The zero-order valence-corrected chi connectivity index (χ0v) is 8.73. The van der Waals surface area contributed by atoms with Crippen molar-refractivity contribution in [2.75, 3.05) is 0 Å². The van der Waals surface area contributed by atoms with Crippen LogP contribution in [0, 0.1) is 5.92 Å². The van der Waals surface area contributed by atoms with E-state index in [9.17, 15) is 18.0 Å². The van der Waals surface area contributed by atoms with Crippen molar-refractivity contribution >= 4 is 5.91 Å². The Morgan fingerprint density at radius 1 is 1.40 bits per heavy atom. The topological polar surface area (TPSA) is 29.1 Å².